The third-order valence-corrected chi connectivity index (χ3v) is 4.23. The number of aryl methyl sites for hydroxylation is 3. The maximum Gasteiger partial charge on any atom is 0.270 e. The van der Waals surface area contributed by atoms with E-state index in [2.05, 4.69) is 26.7 Å². The number of rotatable bonds is 5. The van der Waals surface area contributed by atoms with Gasteiger partial charge in [-0.1, -0.05) is 36.4 Å². The van der Waals surface area contributed by atoms with E-state index in [1.165, 1.54) is 0 Å². The summed E-state index contributed by atoms with van der Waals surface area (Å²) >= 11 is 0. The number of amides is 1. The summed E-state index contributed by atoms with van der Waals surface area (Å²) in [6.07, 6.45) is 1.59. The minimum Gasteiger partial charge on any atom is -0.347 e. The summed E-state index contributed by atoms with van der Waals surface area (Å²) in [5.74, 6) is 0.182. The number of anilines is 2. The van der Waals surface area contributed by atoms with Crippen LogP contribution in [0.1, 0.15) is 32.7 Å². The Morgan fingerprint density at radius 2 is 1.81 bits per heavy atom. The van der Waals surface area contributed by atoms with Gasteiger partial charge in [-0.2, -0.15) is 0 Å². The Morgan fingerprint density at radius 1 is 1.00 bits per heavy atom. The average molecular weight is 346 g/mol. The Kier molecular flexibility index (Phi) is 5.27. The molecule has 0 radical (unpaired) electrons. The fourth-order valence-corrected chi connectivity index (χ4v) is 2.61. The summed E-state index contributed by atoms with van der Waals surface area (Å²) in [5.41, 5.74) is 5.74. The van der Waals surface area contributed by atoms with Crippen LogP contribution in [0.15, 0.2) is 54.7 Å². The van der Waals surface area contributed by atoms with E-state index in [1.54, 1.807) is 12.3 Å². The van der Waals surface area contributed by atoms with E-state index in [9.17, 15) is 4.79 Å². The van der Waals surface area contributed by atoms with E-state index in [1.807, 2.05) is 57.2 Å². The third kappa shape index (κ3) is 4.25. The Hall–Kier alpha value is -3.21. The largest absolute Gasteiger partial charge is 0.347 e. The number of nitrogens with one attached hydrogen (secondary N) is 2. The van der Waals surface area contributed by atoms with Crippen molar-refractivity contribution in [2.75, 3.05) is 5.32 Å². The van der Waals surface area contributed by atoms with Crippen molar-refractivity contribution in [2.45, 2.75) is 27.3 Å². The van der Waals surface area contributed by atoms with Crippen molar-refractivity contribution >= 4 is 17.5 Å². The maximum atomic E-state index is 12.4. The standard InChI is InChI=1S/C21H22N4O/c1-14-8-9-16(3)19(12-14)25-21-22-11-10-18(24-21)20(26)23-13-17-7-5-4-6-15(17)2/h4-12H,13H2,1-3H3,(H,23,26)(H,22,24,25). The first-order valence-corrected chi connectivity index (χ1v) is 8.53. The van der Waals surface area contributed by atoms with Crippen molar-refractivity contribution in [3.05, 3.63) is 82.7 Å². The van der Waals surface area contributed by atoms with Crippen molar-refractivity contribution in [1.82, 2.24) is 15.3 Å². The molecule has 3 aromatic rings. The van der Waals surface area contributed by atoms with Gasteiger partial charge < -0.3 is 10.6 Å². The lowest BCUT2D eigenvalue weighted by molar-refractivity contribution is 0.0946. The normalized spacial score (nSPS) is 10.4. The second-order valence-electron chi connectivity index (χ2n) is 6.32. The van der Waals surface area contributed by atoms with Crippen LogP contribution in [0.2, 0.25) is 0 Å². The molecule has 1 aromatic heterocycles. The first-order chi connectivity index (χ1) is 12.5. The predicted octanol–water partition coefficient (Wildman–Crippen LogP) is 4.08. The summed E-state index contributed by atoms with van der Waals surface area (Å²) in [7, 11) is 0. The van der Waals surface area contributed by atoms with Crippen LogP contribution < -0.4 is 10.6 Å². The number of carbonyl (C=O) groups is 1. The molecule has 1 amide bonds. The molecule has 0 fully saturated rings. The molecule has 0 saturated heterocycles. The van der Waals surface area contributed by atoms with Crippen molar-refractivity contribution in [3.8, 4) is 0 Å². The average Bonchev–Trinajstić information content (AvgIpc) is 2.64. The van der Waals surface area contributed by atoms with Gasteiger partial charge in [-0.15, -0.1) is 0 Å². The van der Waals surface area contributed by atoms with Gasteiger partial charge in [0.2, 0.25) is 5.95 Å². The van der Waals surface area contributed by atoms with Crippen LogP contribution in [0.4, 0.5) is 11.6 Å². The molecule has 0 aliphatic rings. The zero-order valence-electron chi connectivity index (χ0n) is 15.2. The summed E-state index contributed by atoms with van der Waals surface area (Å²) in [6.45, 7) is 6.54. The molecule has 0 unspecified atom stereocenters. The highest BCUT2D eigenvalue weighted by atomic mass is 16.1. The predicted molar refractivity (Wildman–Crippen MR) is 104 cm³/mol. The van der Waals surface area contributed by atoms with Crippen molar-refractivity contribution in [3.63, 3.8) is 0 Å². The van der Waals surface area contributed by atoms with Gasteiger partial charge in [0.15, 0.2) is 0 Å². The smallest absolute Gasteiger partial charge is 0.270 e. The molecule has 0 aliphatic carbocycles. The molecule has 132 valence electrons. The van der Waals surface area contributed by atoms with Gasteiger partial charge in [0.25, 0.3) is 5.91 Å². The number of hydrogen-bond acceptors (Lipinski definition) is 4. The molecular weight excluding hydrogens is 324 g/mol. The van der Waals surface area contributed by atoms with Crippen LogP contribution in [0, 0.1) is 20.8 Å². The van der Waals surface area contributed by atoms with Crippen molar-refractivity contribution in [2.24, 2.45) is 0 Å². The molecule has 0 saturated carbocycles. The number of benzene rings is 2. The van der Waals surface area contributed by atoms with Crippen LogP contribution in [0.5, 0.6) is 0 Å². The molecule has 2 N–H and O–H groups in total. The van der Waals surface area contributed by atoms with Gasteiger partial charge in [0.1, 0.15) is 5.69 Å². The van der Waals surface area contributed by atoms with E-state index in [-0.39, 0.29) is 5.91 Å². The zero-order valence-corrected chi connectivity index (χ0v) is 15.2. The monoisotopic (exact) mass is 346 g/mol. The molecule has 0 bridgehead atoms. The molecule has 0 spiro atoms. The fraction of sp³-hybridized carbons (Fsp3) is 0.190. The van der Waals surface area contributed by atoms with Crippen LogP contribution in [0.25, 0.3) is 0 Å². The topological polar surface area (TPSA) is 66.9 Å². The van der Waals surface area contributed by atoms with Gasteiger partial charge in [0.05, 0.1) is 0 Å². The molecular formula is C21H22N4O. The summed E-state index contributed by atoms with van der Waals surface area (Å²) in [6, 6.07) is 15.7. The SMILES string of the molecule is Cc1ccc(C)c(Nc2nccc(C(=O)NCc3ccccc3C)n2)c1. The fourth-order valence-electron chi connectivity index (χ4n) is 2.61. The van der Waals surface area contributed by atoms with E-state index in [0.29, 0.717) is 18.2 Å². The number of carbonyl (C=O) groups excluding carboxylic acids is 1. The molecule has 3 rings (SSSR count). The highest BCUT2D eigenvalue weighted by Crippen LogP contribution is 2.19. The Labute approximate surface area is 153 Å². The number of hydrogen-bond donors (Lipinski definition) is 2. The Morgan fingerprint density at radius 3 is 2.62 bits per heavy atom. The lowest BCUT2D eigenvalue weighted by Crippen LogP contribution is -2.24. The van der Waals surface area contributed by atoms with E-state index in [0.717, 1.165) is 27.9 Å². The van der Waals surface area contributed by atoms with Crippen LogP contribution in [-0.2, 0) is 6.54 Å². The lowest BCUT2D eigenvalue weighted by atomic mass is 10.1. The van der Waals surface area contributed by atoms with Gasteiger partial charge in [-0.25, -0.2) is 9.97 Å². The summed E-state index contributed by atoms with van der Waals surface area (Å²) in [4.78, 5) is 21.0. The Bertz CT molecular complexity index is 937. The van der Waals surface area contributed by atoms with Crippen LogP contribution in [-0.4, -0.2) is 15.9 Å². The molecule has 0 atom stereocenters. The first kappa shape index (κ1) is 17.6. The third-order valence-electron chi connectivity index (χ3n) is 4.23. The van der Waals surface area contributed by atoms with Gasteiger partial charge in [0, 0.05) is 18.4 Å². The van der Waals surface area contributed by atoms with Gasteiger partial charge in [-0.05, 0) is 55.2 Å². The second kappa shape index (κ2) is 7.78. The molecule has 0 aliphatic heterocycles. The quantitative estimate of drug-likeness (QED) is 0.731. The number of nitrogens with zero attached hydrogens (tertiary/aromatic N) is 2. The molecule has 26 heavy (non-hydrogen) atoms. The second-order valence-corrected chi connectivity index (χ2v) is 6.32. The minimum atomic E-state index is -0.223. The summed E-state index contributed by atoms with van der Waals surface area (Å²) in [5, 5.41) is 6.10. The van der Waals surface area contributed by atoms with Gasteiger partial charge >= 0.3 is 0 Å². The molecule has 2 aromatic carbocycles. The Balaban J connectivity index is 1.71. The van der Waals surface area contributed by atoms with Crippen LogP contribution >= 0.6 is 0 Å². The molecule has 5 heteroatoms. The first-order valence-electron chi connectivity index (χ1n) is 8.53. The maximum absolute atomic E-state index is 12.4. The van der Waals surface area contributed by atoms with E-state index in [4.69, 9.17) is 0 Å². The van der Waals surface area contributed by atoms with E-state index < -0.39 is 0 Å². The highest BCUT2D eigenvalue weighted by molar-refractivity contribution is 5.92. The van der Waals surface area contributed by atoms with E-state index >= 15 is 0 Å². The molecule has 5 nitrogen and oxygen atoms in total. The summed E-state index contributed by atoms with van der Waals surface area (Å²) < 4.78 is 0. The highest BCUT2D eigenvalue weighted by Gasteiger charge is 2.10. The molecule has 1 heterocycles. The number of aromatic nitrogens is 2. The van der Waals surface area contributed by atoms with Gasteiger partial charge in [-0.3, -0.25) is 4.79 Å². The lowest BCUT2D eigenvalue weighted by Gasteiger charge is -2.10. The van der Waals surface area contributed by atoms with Crippen molar-refractivity contribution in [1.29, 1.82) is 0 Å². The minimum absolute atomic E-state index is 0.223. The van der Waals surface area contributed by atoms with Crippen LogP contribution in [0.3, 0.4) is 0 Å². The van der Waals surface area contributed by atoms with Crippen molar-refractivity contribution < 1.29 is 4.79 Å². The zero-order chi connectivity index (χ0) is 18.5.